The van der Waals surface area contributed by atoms with Crippen LogP contribution in [-0.4, -0.2) is 56.8 Å². The predicted molar refractivity (Wildman–Crippen MR) is 107 cm³/mol. The Bertz CT molecular complexity index is 456. The maximum atomic E-state index is 5.33. The van der Waals surface area contributed by atoms with Gasteiger partial charge in [0.25, 0.3) is 0 Å². The normalized spacial score (nSPS) is 12.7. The fraction of sp³-hybridized carbons (Fsp3) is 0.733. The Kier molecular flexibility index (Phi) is 12.7. The van der Waals surface area contributed by atoms with Gasteiger partial charge in [-0.2, -0.15) is 0 Å². The van der Waals surface area contributed by atoms with Gasteiger partial charge in [0, 0.05) is 46.3 Å². The first-order valence-corrected chi connectivity index (χ1v) is 8.46. The number of methoxy groups -OCH3 is 1. The number of rotatable bonds is 9. The largest absolute Gasteiger partial charge is 0.382 e. The van der Waals surface area contributed by atoms with Crippen LogP contribution in [-0.2, 0) is 16.0 Å². The molecule has 0 fully saturated rings. The van der Waals surface area contributed by atoms with Crippen molar-refractivity contribution in [3.8, 4) is 0 Å². The Morgan fingerprint density at radius 3 is 2.87 bits per heavy atom. The number of hydrogen-bond donors (Lipinski definition) is 1. The van der Waals surface area contributed by atoms with Crippen LogP contribution in [0.1, 0.15) is 37.1 Å². The first-order chi connectivity index (χ1) is 10.6. The van der Waals surface area contributed by atoms with E-state index in [4.69, 9.17) is 9.47 Å². The van der Waals surface area contributed by atoms with Crippen LogP contribution in [0.3, 0.4) is 0 Å². The number of nitrogens with zero attached hydrogens (tertiary/aromatic N) is 3. The first-order valence-electron chi connectivity index (χ1n) is 7.59. The van der Waals surface area contributed by atoms with Crippen molar-refractivity contribution in [2.24, 2.45) is 4.99 Å². The van der Waals surface area contributed by atoms with Crippen LogP contribution < -0.4 is 5.32 Å². The third-order valence-corrected chi connectivity index (χ3v) is 4.25. The molecular weight excluding hydrogens is 427 g/mol. The molecule has 1 N–H and O–H groups in total. The lowest BCUT2D eigenvalue weighted by molar-refractivity contribution is 0.119. The summed E-state index contributed by atoms with van der Waals surface area (Å²) < 4.78 is 10.6. The van der Waals surface area contributed by atoms with Crippen LogP contribution in [0.2, 0.25) is 0 Å². The van der Waals surface area contributed by atoms with Gasteiger partial charge in [0.05, 0.1) is 12.2 Å². The van der Waals surface area contributed by atoms with E-state index in [1.807, 2.05) is 20.9 Å². The highest BCUT2D eigenvalue weighted by molar-refractivity contribution is 14.0. The molecule has 0 aromatic carbocycles. The van der Waals surface area contributed by atoms with Gasteiger partial charge in [-0.05, 0) is 20.3 Å². The second kappa shape index (κ2) is 12.9. The molecule has 0 amide bonds. The molecule has 134 valence electrons. The highest BCUT2D eigenvalue weighted by Gasteiger charge is 2.12. The zero-order chi connectivity index (χ0) is 16.4. The zero-order valence-corrected chi connectivity index (χ0v) is 17.8. The molecule has 0 saturated heterocycles. The van der Waals surface area contributed by atoms with Crippen molar-refractivity contribution in [3.63, 3.8) is 0 Å². The van der Waals surface area contributed by atoms with Crippen LogP contribution in [0.15, 0.2) is 10.4 Å². The summed E-state index contributed by atoms with van der Waals surface area (Å²) >= 11 is 1.63. The monoisotopic (exact) mass is 456 g/mol. The average molecular weight is 456 g/mol. The van der Waals surface area contributed by atoms with E-state index >= 15 is 0 Å². The molecule has 0 bridgehead atoms. The van der Waals surface area contributed by atoms with E-state index in [9.17, 15) is 0 Å². The lowest BCUT2D eigenvalue weighted by Crippen LogP contribution is -2.39. The van der Waals surface area contributed by atoms with Crippen molar-refractivity contribution >= 4 is 41.3 Å². The lowest BCUT2D eigenvalue weighted by Gasteiger charge is -2.21. The van der Waals surface area contributed by atoms with E-state index in [1.165, 1.54) is 0 Å². The van der Waals surface area contributed by atoms with Gasteiger partial charge in [-0.1, -0.05) is 0 Å². The number of ether oxygens (including phenoxy) is 2. The number of halogens is 1. The number of guanidine groups is 1. The Morgan fingerprint density at radius 1 is 1.52 bits per heavy atom. The van der Waals surface area contributed by atoms with Crippen LogP contribution in [0.4, 0.5) is 0 Å². The van der Waals surface area contributed by atoms with Crippen molar-refractivity contribution in [3.05, 3.63) is 16.1 Å². The number of thiazole rings is 1. The molecule has 0 saturated carbocycles. The maximum Gasteiger partial charge on any atom is 0.193 e. The smallest absolute Gasteiger partial charge is 0.193 e. The van der Waals surface area contributed by atoms with Crippen molar-refractivity contribution < 1.29 is 9.47 Å². The molecule has 1 atom stereocenters. The van der Waals surface area contributed by atoms with Crippen LogP contribution in [0, 0.1) is 0 Å². The van der Waals surface area contributed by atoms with Gasteiger partial charge >= 0.3 is 0 Å². The Hall–Kier alpha value is -0.450. The molecule has 1 unspecified atom stereocenters. The molecule has 1 aromatic heterocycles. The summed E-state index contributed by atoms with van der Waals surface area (Å²) in [6.45, 7) is 7.12. The third-order valence-electron chi connectivity index (χ3n) is 3.20. The number of aliphatic imine (C=N–C) groups is 1. The second-order valence-electron chi connectivity index (χ2n) is 4.94. The average Bonchev–Trinajstić information content (AvgIpc) is 2.98. The van der Waals surface area contributed by atoms with Crippen LogP contribution >= 0.6 is 35.3 Å². The second-order valence-corrected chi connectivity index (χ2v) is 5.83. The van der Waals surface area contributed by atoms with Crippen molar-refractivity contribution in [2.75, 3.05) is 41.0 Å². The minimum absolute atomic E-state index is 0. The first kappa shape index (κ1) is 22.6. The van der Waals surface area contributed by atoms with Gasteiger partial charge in [-0.3, -0.25) is 4.99 Å². The third kappa shape index (κ3) is 8.27. The fourth-order valence-corrected chi connectivity index (χ4v) is 2.75. The number of nitrogens with one attached hydrogen (secondary N) is 1. The van der Waals surface area contributed by atoms with Crippen LogP contribution in [0.5, 0.6) is 0 Å². The van der Waals surface area contributed by atoms with Gasteiger partial charge in [0.2, 0.25) is 0 Å². The molecular formula is C15H29IN4O2S. The highest BCUT2D eigenvalue weighted by Crippen LogP contribution is 2.20. The Morgan fingerprint density at radius 2 is 2.26 bits per heavy atom. The quantitative estimate of drug-likeness (QED) is 0.268. The molecule has 1 heterocycles. The van der Waals surface area contributed by atoms with E-state index in [0.29, 0.717) is 0 Å². The highest BCUT2D eigenvalue weighted by atomic mass is 127. The summed E-state index contributed by atoms with van der Waals surface area (Å²) in [5, 5.41) is 6.41. The van der Waals surface area contributed by atoms with Crippen LogP contribution in [0.25, 0.3) is 0 Å². The molecule has 0 spiro atoms. The molecule has 0 aliphatic heterocycles. The van der Waals surface area contributed by atoms with E-state index in [0.717, 1.165) is 49.4 Å². The van der Waals surface area contributed by atoms with Gasteiger partial charge in [0.1, 0.15) is 11.1 Å². The predicted octanol–water partition coefficient (Wildman–Crippen LogP) is 2.90. The molecule has 8 heteroatoms. The van der Waals surface area contributed by atoms with Gasteiger partial charge in [-0.25, -0.2) is 4.98 Å². The summed E-state index contributed by atoms with van der Waals surface area (Å²) in [6.07, 6.45) is 1.01. The Balaban J connectivity index is 0.00000484. The maximum absolute atomic E-state index is 5.33. The van der Waals surface area contributed by atoms with Gasteiger partial charge in [0.15, 0.2) is 5.96 Å². The molecule has 0 aliphatic rings. The molecule has 1 aromatic rings. The molecule has 1 rings (SSSR count). The molecule has 0 aliphatic carbocycles. The van der Waals surface area contributed by atoms with E-state index in [-0.39, 0.29) is 30.1 Å². The fourth-order valence-electron chi connectivity index (χ4n) is 1.90. The molecule has 23 heavy (non-hydrogen) atoms. The van der Waals surface area contributed by atoms with Gasteiger partial charge < -0.3 is 19.7 Å². The standard InChI is InChI=1S/C15H28N4O2S.HI/c1-6-21-9-7-8-17-15(16-3)19(4)10-13-11-22-14(18-13)12(2)20-5;/h11-12H,6-10H2,1-5H3,(H,16,17);1H. The summed E-state index contributed by atoms with van der Waals surface area (Å²) in [7, 11) is 5.50. The Labute approximate surface area is 160 Å². The summed E-state index contributed by atoms with van der Waals surface area (Å²) in [5.41, 5.74) is 1.03. The van der Waals surface area contributed by atoms with E-state index in [2.05, 4.69) is 25.6 Å². The topological polar surface area (TPSA) is 59.0 Å². The van der Waals surface area contributed by atoms with E-state index < -0.39 is 0 Å². The summed E-state index contributed by atoms with van der Waals surface area (Å²) in [4.78, 5) is 11.0. The van der Waals surface area contributed by atoms with Crippen molar-refractivity contribution in [2.45, 2.75) is 32.9 Å². The molecule has 6 nitrogen and oxygen atoms in total. The SMILES string of the molecule is CCOCCCNC(=NC)N(C)Cc1csc(C(C)OC)n1.I. The zero-order valence-electron chi connectivity index (χ0n) is 14.7. The number of hydrogen-bond acceptors (Lipinski definition) is 5. The van der Waals surface area contributed by atoms with Crippen molar-refractivity contribution in [1.82, 2.24) is 15.2 Å². The van der Waals surface area contributed by atoms with Crippen molar-refractivity contribution in [1.29, 1.82) is 0 Å². The number of aromatic nitrogens is 1. The molecule has 0 radical (unpaired) electrons. The summed E-state index contributed by atoms with van der Waals surface area (Å²) in [5.74, 6) is 0.867. The minimum atomic E-state index is 0. The minimum Gasteiger partial charge on any atom is -0.382 e. The van der Waals surface area contributed by atoms with Gasteiger partial charge in [-0.15, -0.1) is 35.3 Å². The van der Waals surface area contributed by atoms with E-state index in [1.54, 1.807) is 25.5 Å². The summed E-state index contributed by atoms with van der Waals surface area (Å²) in [6, 6.07) is 0. The lowest BCUT2D eigenvalue weighted by atomic mass is 10.4.